The highest BCUT2D eigenvalue weighted by molar-refractivity contribution is 5.55. The van der Waals surface area contributed by atoms with Crippen molar-refractivity contribution in [2.75, 3.05) is 38.6 Å². The van der Waals surface area contributed by atoms with Crippen molar-refractivity contribution in [1.29, 1.82) is 0 Å². The van der Waals surface area contributed by atoms with Gasteiger partial charge in [-0.1, -0.05) is 56.3 Å². The molecular formula is C27H41N2+. The quantitative estimate of drug-likeness (QED) is 0.574. The third-order valence-electron chi connectivity index (χ3n) is 6.96. The number of rotatable bonds is 5. The van der Waals surface area contributed by atoms with E-state index in [1.54, 1.807) is 11.1 Å². The van der Waals surface area contributed by atoms with Gasteiger partial charge in [0.1, 0.15) is 0 Å². The maximum atomic E-state index is 2.74. The monoisotopic (exact) mass is 393 g/mol. The fraction of sp³-hybridized carbons (Fsp3) is 0.556. The highest BCUT2D eigenvalue weighted by Crippen LogP contribution is 2.32. The minimum atomic E-state index is 0.610. The summed E-state index contributed by atoms with van der Waals surface area (Å²) < 4.78 is 1.20. The van der Waals surface area contributed by atoms with Gasteiger partial charge in [0.15, 0.2) is 0 Å². The number of quaternary nitrogens is 1. The van der Waals surface area contributed by atoms with E-state index in [-0.39, 0.29) is 0 Å². The molecule has 0 amide bonds. The molecule has 0 bridgehead atoms. The van der Waals surface area contributed by atoms with Gasteiger partial charge in [-0.05, 0) is 67.7 Å². The molecule has 2 nitrogen and oxygen atoms in total. The highest BCUT2D eigenvalue weighted by atomic mass is 15.3. The van der Waals surface area contributed by atoms with Gasteiger partial charge in [-0.2, -0.15) is 0 Å². The SMILES string of the molecule is CC.Cc1ccccc1N(CCC1CC[N+](C)(C)CC1)C1Cc2ccccc2C1. The highest BCUT2D eigenvalue weighted by Gasteiger charge is 2.30. The standard InChI is InChI=1S/C25H35N2.C2H6/c1-20-8-4-7-11-25(20)26(15-12-21-13-16-27(2,3)17-14-21)24-18-22-9-5-6-10-23(22)19-24;1-2/h4-11,21,24H,12-19H2,1-3H3;1-2H3/q+1;. The molecule has 1 heterocycles. The lowest BCUT2D eigenvalue weighted by molar-refractivity contribution is -0.896. The van der Waals surface area contributed by atoms with Crippen LogP contribution in [-0.2, 0) is 12.8 Å². The van der Waals surface area contributed by atoms with Crippen molar-refractivity contribution >= 4 is 5.69 Å². The zero-order valence-electron chi connectivity index (χ0n) is 19.3. The van der Waals surface area contributed by atoms with E-state index in [9.17, 15) is 0 Å². The van der Waals surface area contributed by atoms with Gasteiger partial charge >= 0.3 is 0 Å². The second kappa shape index (κ2) is 9.80. The van der Waals surface area contributed by atoms with Crippen LogP contribution in [0.5, 0.6) is 0 Å². The molecule has 4 rings (SSSR count). The normalized spacial score (nSPS) is 18.7. The largest absolute Gasteiger partial charge is 0.368 e. The van der Waals surface area contributed by atoms with Crippen LogP contribution in [-0.4, -0.2) is 44.3 Å². The molecule has 2 heteroatoms. The van der Waals surface area contributed by atoms with E-state index in [4.69, 9.17) is 0 Å². The molecule has 158 valence electrons. The van der Waals surface area contributed by atoms with E-state index in [1.807, 2.05) is 13.8 Å². The van der Waals surface area contributed by atoms with E-state index < -0.39 is 0 Å². The molecule has 0 atom stereocenters. The zero-order chi connectivity index (χ0) is 20.9. The van der Waals surface area contributed by atoms with Crippen LogP contribution < -0.4 is 4.90 Å². The summed E-state index contributed by atoms with van der Waals surface area (Å²) in [5.74, 6) is 0.895. The summed E-state index contributed by atoms with van der Waals surface area (Å²) in [5, 5.41) is 0. The second-order valence-corrected chi connectivity index (χ2v) is 9.43. The summed E-state index contributed by atoms with van der Waals surface area (Å²) in [6, 6.07) is 18.6. The number of piperidine rings is 1. The van der Waals surface area contributed by atoms with Crippen molar-refractivity contribution in [2.24, 2.45) is 5.92 Å². The first-order chi connectivity index (χ1) is 14.0. The van der Waals surface area contributed by atoms with E-state index in [1.165, 1.54) is 67.5 Å². The fourth-order valence-electron chi connectivity index (χ4n) is 5.07. The Bertz CT molecular complexity index is 745. The summed E-state index contributed by atoms with van der Waals surface area (Å²) >= 11 is 0. The third kappa shape index (κ3) is 5.42. The van der Waals surface area contributed by atoms with Crippen molar-refractivity contribution < 1.29 is 4.48 Å². The van der Waals surface area contributed by atoms with Gasteiger partial charge in [0.25, 0.3) is 0 Å². The van der Waals surface area contributed by atoms with E-state index in [2.05, 4.69) is 74.4 Å². The van der Waals surface area contributed by atoms with Crippen LogP contribution in [0.4, 0.5) is 5.69 Å². The lowest BCUT2D eigenvalue weighted by atomic mass is 9.92. The molecule has 1 saturated heterocycles. The topological polar surface area (TPSA) is 3.24 Å². The maximum absolute atomic E-state index is 2.74. The summed E-state index contributed by atoms with van der Waals surface area (Å²) in [6.07, 6.45) is 6.50. The maximum Gasteiger partial charge on any atom is 0.0785 e. The Morgan fingerprint density at radius 1 is 0.862 bits per heavy atom. The molecule has 1 aliphatic heterocycles. The summed E-state index contributed by atoms with van der Waals surface area (Å²) in [7, 11) is 4.76. The summed E-state index contributed by atoms with van der Waals surface area (Å²) in [5.41, 5.74) is 5.97. The first kappa shape index (κ1) is 21.9. The van der Waals surface area contributed by atoms with Crippen LogP contribution in [0.25, 0.3) is 0 Å². The minimum Gasteiger partial charge on any atom is -0.368 e. The van der Waals surface area contributed by atoms with E-state index in [0.29, 0.717) is 6.04 Å². The van der Waals surface area contributed by atoms with Gasteiger partial charge in [-0.3, -0.25) is 0 Å². The first-order valence-corrected chi connectivity index (χ1v) is 11.7. The van der Waals surface area contributed by atoms with Gasteiger partial charge in [0, 0.05) is 18.3 Å². The van der Waals surface area contributed by atoms with Gasteiger partial charge < -0.3 is 9.38 Å². The number of nitrogens with zero attached hydrogens (tertiary/aromatic N) is 2. The molecule has 0 N–H and O–H groups in total. The molecule has 0 radical (unpaired) electrons. The first-order valence-electron chi connectivity index (χ1n) is 11.7. The van der Waals surface area contributed by atoms with Gasteiger partial charge in [-0.25, -0.2) is 0 Å². The number of hydrogen-bond donors (Lipinski definition) is 0. The van der Waals surface area contributed by atoms with Gasteiger partial charge in [0.2, 0.25) is 0 Å². The molecule has 0 saturated carbocycles. The van der Waals surface area contributed by atoms with Crippen LogP contribution >= 0.6 is 0 Å². The Balaban J connectivity index is 0.00000117. The summed E-state index contributed by atoms with van der Waals surface area (Å²) in [4.78, 5) is 2.74. The van der Waals surface area contributed by atoms with Crippen LogP contribution in [0.1, 0.15) is 49.8 Å². The average molecular weight is 394 g/mol. The van der Waals surface area contributed by atoms with E-state index >= 15 is 0 Å². The number of likely N-dealkylation sites (tertiary alicyclic amines) is 1. The molecule has 1 fully saturated rings. The number of aryl methyl sites for hydroxylation is 1. The van der Waals surface area contributed by atoms with Crippen LogP contribution in [0.15, 0.2) is 48.5 Å². The van der Waals surface area contributed by atoms with Gasteiger partial charge in [0.05, 0.1) is 27.2 Å². The zero-order valence-corrected chi connectivity index (χ0v) is 19.3. The van der Waals surface area contributed by atoms with Crippen LogP contribution in [0.3, 0.4) is 0 Å². The molecule has 0 aromatic heterocycles. The molecule has 0 unspecified atom stereocenters. The van der Waals surface area contributed by atoms with Crippen molar-refractivity contribution in [3.8, 4) is 0 Å². The Morgan fingerprint density at radius 3 is 2.00 bits per heavy atom. The third-order valence-corrected chi connectivity index (χ3v) is 6.96. The van der Waals surface area contributed by atoms with Crippen molar-refractivity contribution in [1.82, 2.24) is 0 Å². The Hall–Kier alpha value is -1.80. The number of benzene rings is 2. The van der Waals surface area contributed by atoms with Crippen molar-refractivity contribution in [2.45, 2.75) is 58.9 Å². The summed E-state index contributed by atoms with van der Waals surface area (Å²) in [6.45, 7) is 10.1. The van der Waals surface area contributed by atoms with Crippen LogP contribution in [0.2, 0.25) is 0 Å². The van der Waals surface area contributed by atoms with Crippen molar-refractivity contribution in [3.63, 3.8) is 0 Å². The van der Waals surface area contributed by atoms with E-state index in [0.717, 1.165) is 5.92 Å². The molecular weight excluding hydrogens is 352 g/mol. The molecule has 2 aromatic rings. The average Bonchev–Trinajstić information content (AvgIpc) is 3.16. The Kier molecular flexibility index (Phi) is 7.40. The number of fused-ring (bicyclic) bond motifs is 1. The minimum absolute atomic E-state index is 0.610. The number of para-hydroxylation sites is 1. The second-order valence-electron chi connectivity index (χ2n) is 9.43. The lowest BCUT2D eigenvalue weighted by Crippen LogP contribution is -2.46. The Labute approximate surface area is 179 Å². The fourth-order valence-corrected chi connectivity index (χ4v) is 5.07. The van der Waals surface area contributed by atoms with Crippen molar-refractivity contribution in [3.05, 3.63) is 65.2 Å². The van der Waals surface area contributed by atoms with Gasteiger partial charge in [-0.15, -0.1) is 0 Å². The number of anilines is 1. The molecule has 29 heavy (non-hydrogen) atoms. The number of hydrogen-bond acceptors (Lipinski definition) is 1. The predicted molar refractivity (Wildman–Crippen MR) is 127 cm³/mol. The Morgan fingerprint density at radius 2 is 1.41 bits per heavy atom. The lowest BCUT2D eigenvalue weighted by Gasteiger charge is -2.39. The predicted octanol–water partition coefficient (Wildman–Crippen LogP) is 5.87. The molecule has 2 aliphatic rings. The van der Waals surface area contributed by atoms with Crippen LogP contribution in [0, 0.1) is 12.8 Å². The smallest absolute Gasteiger partial charge is 0.0785 e. The molecule has 0 spiro atoms. The molecule has 2 aromatic carbocycles. The molecule has 1 aliphatic carbocycles.